The number of carbonyl (C=O) groups is 1. The average Bonchev–Trinajstić information content (AvgIpc) is 2.66. The van der Waals surface area contributed by atoms with Crippen molar-refractivity contribution < 1.29 is 19.0 Å². The Hall–Kier alpha value is -2.20. The summed E-state index contributed by atoms with van der Waals surface area (Å²) in [4.78, 5) is 10.7. The van der Waals surface area contributed by atoms with Crippen LogP contribution in [-0.2, 0) is 14.9 Å². The van der Waals surface area contributed by atoms with Gasteiger partial charge in [0.15, 0.2) is 0 Å². The first-order valence-corrected chi connectivity index (χ1v) is 9.63. The molecule has 0 N–H and O–H groups in total. The van der Waals surface area contributed by atoms with Gasteiger partial charge in [-0.05, 0) is 41.8 Å². The predicted molar refractivity (Wildman–Crippen MR) is 108 cm³/mol. The Morgan fingerprint density at radius 2 is 1.33 bits per heavy atom. The molecule has 27 heavy (non-hydrogen) atoms. The van der Waals surface area contributed by atoms with E-state index in [0.29, 0.717) is 19.1 Å². The third-order valence-electron chi connectivity index (χ3n) is 4.36. The number of carbonyl (C=O) groups excluding carboxylic acids is 1. The summed E-state index contributed by atoms with van der Waals surface area (Å²) >= 11 is 5.67. The number of benzene rings is 2. The molecule has 2 rings (SSSR count). The van der Waals surface area contributed by atoms with E-state index in [-0.39, 0.29) is 18.0 Å². The normalized spacial score (nSPS) is 11.1. The molecule has 0 aromatic heterocycles. The zero-order valence-corrected chi connectivity index (χ0v) is 16.9. The standard InChI is InChI=1S/C22H27ClO4/c1-17(24)25-15-16-27-21-11-7-19(8-12-21)22(2,3)18-5-9-20(10-6-18)26-14-4-13-23/h5-12H,4,13-16H2,1-3H3. The van der Waals surface area contributed by atoms with Gasteiger partial charge in [0.25, 0.3) is 0 Å². The fraction of sp³-hybridized carbons (Fsp3) is 0.409. The Kier molecular flexibility index (Phi) is 7.99. The molecule has 0 spiro atoms. The predicted octanol–water partition coefficient (Wildman–Crippen LogP) is 4.96. The number of ether oxygens (including phenoxy) is 3. The molecule has 2 aromatic rings. The quantitative estimate of drug-likeness (QED) is 0.326. The number of hydrogen-bond donors (Lipinski definition) is 0. The lowest BCUT2D eigenvalue weighted by Gasteiger charge is -2.26. The summed E-state index contributed by atoms with van der Waals surface area (Å²) in [5.74, 6) is 1.92. The van der Waals surface area contributed by atoms with E-state index in [1.54, 1.807) is 0 Å². The van der Waals surface area contributed by atoms with E-state index in [4.69, 9.17) is 25.8 Å². The van der Waals surface area contributed by atoms with E-state index in [1.807, 2.05) is 24.3 Å². The lowest BCUT2D eigenvalue weighted by atomic mass is 9.78. The summed E-state index contributed by atoms with van der Waals surface area (Å²) in [7, 11) is 0. The molecule has 0 aliphatic rings. The Balaban J connectivity index is 1.97. The highest BCUT2D eigenvalue weighted by molar-refractivity contribution is 6.17. The van der Waals surface area contributed by atoms with Gasteiger partial charge in [0.1, 0.15) is 24.7 Å². The number of rotatable bonds is 10. The molecule has 0 aliphatic heterocycles. The van der Waals surface area contributed by atoms with Crippen molar-refractivity contribution in [3.63, 3.8) is 0 Å². The fourth-order valence-electron chi connectivity index (χ4n) is 2.69. The van der Waals surface area contributed by atoms with Gasteiger partial charge in [0.2, 0.25) is 0 Å². The Labute approximate surface area is 166 Å². The average molecular weight is 391 g/mol. The van der Waals surface area contributed by atoms with Crippen LogP contribution in [0.1, 0.15) is 38.3 Å². The first kappa shape index (κ1) is 21.1. The summed E-state index contributed by atoms with van der Waals surface area (Å²) in [6.07, 6.45) is 0.837. The van der Waals surface area contributed by atoms with Crippen molar-refractivity contribution in [1.82, 2.24) is 0 Å². The Bertz CT molecular complexity index is 708. The molecule has 5 heteroatoms. The third kappa shape index (κ3) is 6.47. The zero-order chi connectivity index (χ0) is 19.7. The molecule has 4 nitrogen and oxygen atoms in total. The number of alkyl halides is 1. The van der Waals surface area contributed by atoms with Crippen LogP contribution < -0.4 is 9.47 Å². The van der Waals surface area contributed by atoms with Gasteiger partial charge in [-0.2, -0.15) is 0 Å². The second-order valence-corrected chi connectivity index (χ2v) is 7.13. The van der Waals surface area contributed by atoms with E-state index in [0.717, 1.165) is 17.9 Å². The molecule has 0 amide bonds. The third-order valence-corrected chi connectivity index (χ3v) is 4.62. The molecule has 0 saturated carbocycles. The Morgan fingerprint density at radius 1 is 0.852 bits per heavy atom. The van der Waals surface area contributed by atoms with Crippen LogP contribution in [0, 0.1) is 0 Å². The van der Waals surface area contributed by atoms with Gasteiger partial charge in [0, 0.05) is 18.2 Å². The highest BCUT2D eigenvalue weighted by Crippen LogP contribution is 2.33. The fourth-order valence-corrected chi connectivity index (χ4v) is 2.80. The maximum atomic E-state index is 10.7. The summed E-state index contributed by atoms with van der Waals surface area (Å²) in [6, 6.07) is 16.2. The van der Waals surface area contributed by atoms with E-state index in [2.05, 4.69) is 38.1 Å². The van der Waals surface area contributed by atoms with Crippen molar-refractivity contribution in [2.24, 2.45) is 0 Å². The molecule has 2 aromatic carbocycles. The summed E-state index contributed by atoms with van der Waals surface area (Å²) in [5.41, 5.74) is 2.24. The van der Waals surface area contributed by atoms with Gasteiger partial charge in [0.05, 0.1) is 6.61 Å². The molecular weight excluding hydrogens is 364 g/mol. The molecule has 0 fully saturated rings. The molecule has 0 radical (unpaired) electrons. The van der Waals surface area contributed by atoms with E-state index in [9.17, 15) is 4.79 Å². The highest BCUT2D eigenvalue weighted by Gasteiger charge is 2.23. The monoisotopic (exact) mass is 390 g/mol. The van der Waals surface area contributed by atoms with Crippen LogP contribution in [0.25, 0.3) is 0 Å². The van der Waals surface area contributed by atoms with Crippen molar-refractivity contribution in [2.75, 3.05) is 25.7 Å². The minimum atomic E-state index is -0.300. The second-order valence-electron chi connectivity index (χ2n) is 6.75. The number of hydrogen-bond acceptors (Lipinski definition) is 4. The van der Waals surface area contributed by atoms with Gasteiger partial charge >= 0.3 is 5.97 Å². The molecule has 0 bridgehead atoms. The summed E-state index contributed by atoms with van der Waals surface area (Å²) in [5, 5.41) is 0. The van der Waals surface area contributed by atoms with Crippen LogP contribution in [-0.4, -0.2) is 31.7 Å². The van der Waals surface area contributed by atoms with E-state index < -0.39 is 0 Å². The molecule has 0 atom stereocenters. The van der Waals surface area contributed by atoms with Crippen LogP contribution in [0.3, 0.4) is 0 Å². The SMILES string of the molecule is CC(=O)OCCOc1ccc(C(C)(C)c2ccc(OCCCCl)cc2)cc1. The van der Waals surface area contributed by atoms with E-state index >= 15 is 0 Å². The van der Waals surface area contributed by atoms with Crippen molar-refractivity contribution >= 4 is 17.6 Å². The van der Waals surface area contributed by atoms with Crippen LogP contribution in [0.5, 0.6) is 11.5 Å². The van der Waals surface area contributed by atoms with Gasteiger partial charge in [-0.25, -0.2) is 0 Å². The lowest BCUT2D eigenvalue weighted by Crippen LogP contribution is -2.18. The highest BCUT2D eigenvalue weighted by atomic mass is 35.5. The topological polar surface area (TPSA) is 44.8 Å². The van der Waals surface area contributed by atoms with Crippen molar-refractivity contribution in [3.8, 4) is 11.5 Å². The van der Waals surface area contributed by atoms with Gasteiger partial charge in [-0.3, -0.25) is 4.79 Å². The van der Waals surface area contributed by atoms with Crippen LogP contribution in [0.4, 0.5) is 0 Å². The molecule has 0 aliphatic carbocycles. The molecular formula is C22H27ClO4. The first-order valence-electron chi connectivity index (χ1n) is 9.09. The molecule has 146 valence electrons. The molecule has 0 saturated heterocycles. The summed E-state index contributed by atoms with van der Waals surface area (Å²) < 4.78 is 16.1. The maximum absolute atomic E-state index is 10.7. The van der Waals surface area contributed by atoms with Crippen LogP contribution >= 0.6 is 11.6 Å². The van der Waals surface area contributed by atoms with Crippen LogP contribution in [0.2, 0.25) is 0 Å². The Morgan fingerprint density at radius 3 is 1.78 bits per heavy atom. The summed E-state index contributed by atoms with van der Waals surface area (Å²) in [6.45, 7) is 6.98. The minimum absolute atomic E-state index is 0.148. The maximum Gasteiger partial charge on any atom is 0.302 e. The van der Waals surface area contributed by atoms with E-state index in [1.165, 1.54) is 18.1 Å². The minimum Gasteiger partial charge on any atom is -0.494 e. The van der Waals surface area contributed by atoms with Crippen LogP contribution in [0.15, 0.2) is 48.5 Å². The molecule has 0 heterocycles. The second kappa shape index (κ2) is 10.2. The van der Waals surface area contributed by atoms with Gasteiger partial charge in [-0.15, -0.1) is 11.6 Å². The molecule has 0 unspecified atom stereocenters. The number of esters is 1. The zero-order valence-electron chi connectivity index (χ0n) is 16.2. The van der Waals surface area contributed by atoms with Crippen molar-refractivity contribution in [2.45, 2.75) is 32.6 Å². The number of halogens is 1. The lowest BCUT2D eigenvalue weighted by molar-refractivity contribution is -0.141. The van der Waals surface area contributed by atoms with Crippen molar-refractivity contribution in [3.05, 3.63) is 59.7 Å². The van der Waals surface area contributed by atoms with Gasteiger partial charge in [-0.1, -0.05) is 38.1 Å². The first-order chi connectivity index (χ1) is 12.9. The van der Waals surface area contributed by atoms with Crippen molar-refractivity contribution in [1.29, 1.82) is 0 Å². The van der Waals surface area contributed by atoms with Gasteiger partial charge < -0.3 is 14.2 Å². The largest absolute Gasteiger partial charge is 0.494 e. The smallest absolute Gasteiger partial charge is 0.302 e.